The number of carbonyl (C=O) groups excluding carboxylic acids is 1. The largest absolute Gasteiger partial charge is 0.497 e. The minimum atomic E-state index is -1.18. The summed E-state index contributed by atoms with van der Waals surface area (Å²) in [7, 11) is 1.50. The number of aldehydes is 1. The summed E-state index contributed by atoms with van der Waals surface area (Å²) in [4.78, 5) is 14.4. The molecular weight excluding hydrogens is 237 g/mol. The van der Waals surface area contributed by atoms with Crippen LogP contribution in [0.15, 0.2) is 24.4 Å². The smallest absolute Gasteiger partial charge is 0.147 e. The average molecular weight is 249 g/mol. The molecule has 2 aromatic rings. The highest BCUT2D eigenvalue weighted by Gasteiger charge is 2.17. The second kappa shape index (κ2) is 5.10. The summed E-state index contributed by atoms with van der Waals surface area (Å²) >= 11 is 0. The fourth-order valence-corrected chi connectivity index (χ4v) is 1.84. The number of halogens is 1. The molecule has 0 aliphatic heterocycles. The van der Waals surface area contributed by atoms with Crippen molar-refractivity contribution in [2.75, 3.05) is 7.11 Å². The Labute approximate surface area is 103 Å². The fraction of sp³-hybridized carbons (Fsp3) is 0.231. The van der Waals surface area contributed by atoms with Crippen LogP contribution < -0.4 is 4.74 Å². The molecule has 0 radical (unpaired) electrons. The van der Waals surface area contributed by atoms with Crippen molar-refractivity contribution in [3.63, 3.8) is 0 Å². The lowest BCUT2D eigenvalue weighted by Crippen LogP contribution is -2.03. The number of fused-ring (bicyclic) bond motifs is 1. The number of aliphatic hydroxyl groups is 1. The van der Waals surface area contributed by atoms with E-state index in [2.05, 4.69) is 4.98 Å². The number of carbonyl (C=O) groups is 1. The van der Waals surface area contributed by atoms with Crippen LogP contribution in [0.5, 0.6) is 5.75 Å². The topological polar surface area (TPSA) is 59.4 Å². The molecule has 1 aromatic carbocycles. The number of hydrogen-bond acceptors (Lipinski definition) is 4. The number of rotatable bonds is 4. The van der Waals surface area contributed by atoms with Crippen LogP contribution in [0.3, 0.4) is 0 Å². The Kier molecular flexibility index (Phi) is 3.53. The molecule has 0 fully saturated rings. The van der Waals surface area contributed by atoms with Gasteiger partial charge in [-0.05, 0) is 18.2 Å². The third-order valence-corrected chi connectivity index (χ3v) is 2.72. The highest BCUT2D eigenvalue weighted by atomic mass is 19.1. The van der Waals surface area contributed by atoms with E-state index in [4.69, 9.17) is 4.74 Å². The molecule has 1 heterocycles. The van der Waals surface area contributed by atoms with Gasteiger partial charge in [-0.15, -0.1) is 0 Å². The number of aliphatic hydroxyl groups excluding tert-OH is 1. The molecule has 1 atom stereocenters. The van der Waals surface area contributed by atoms with E-state index in [1.54, 1.807) is 18.2 Å². The Hall–Kier alpha value is -2.01. The zero-order valence-corrected chi connectivity index (χ0v) is 9.76. The van der Waals surface area contributed by atoms with E-state index < -0.39 is 11.9 Å². The van der Waals surface area contributed by atoms with Crippen LogP contribution in [0.1, 0.15) is 18.1 Å². The van der Waals surface area contributed by atoms with Gasteiger partial charge in [-0.2, -0.15) is 0 Å². The maximum Gasteiger partial charge on any atom is 0.147 e. The molecule has 1 N–H and O–H groups in total. The van der Waals surface area contributed by atoms with Crippen molar-refractivity contribution < 1.29 is 19.0 Å². The van der Waals surface area contributed by atoms with Crippen molar-refractivity contribution in [3.8, 4) is 5.75 Å². The number of pyridine rings is 1. The van der Waals surface area contributed by atoms with Crippen molar-refractivity contribution in [1.82, 2.24) is 4.98 Å². The molecular formula is C13H12FNO3. The lowest BCUT2D eigenvalue weighted by atomic mass is 10.0. The highest BCUT2D eigenvalue weighted by molar-refractivity contribution is 5.84. The van der Waals surface area contributed by atoms with Crippen molar-refractivity contribution in [1.29, 1.82) is 0 Å². The number of benzene rings is 1. The second-order valence-electron chi connectivity index (χ2n) is 3.82. The molecule has 0 saturated carbocycles. The van der Waals surface area contributed by atoms with Gasteiger partial charge in [0.25, 0.3) is 0 Å². The predicted octanol–water partition coefficient (Wildman–Crippen LogP) is 2.00. The molecule has 0 aliphatic carbocycles. The summed E-state index contributed by atoms with van der Waals surface area (Å²) in [6, 6.07) is 4.96. The van der Waals surface area contributed by atoms with Gasteiger partial charge in [-0.25, -0.2) is 4.39 Å². The Morgan fingerprint density at radius 3 is 3.00 bits per heavy atom. The van der Waals surface area contributed by atoms with Gasteiger partial charge in [-0.1, -0.05) is 0 Å². The molecule has 0 amide bonds. The molecule has 0 saturated heterocycles. The number of hydrogen-bond donors (Lipinski definition) is 1. The number of methoxy groups -OCH3 is 1. The standard InChI is InChI=1S/C13H12FNO3/c1-18-8-2-3-11-9(6-8)13(10(14)7-15-11)12(17)4-5-16/h2-3,5-7,12,17H,4H2,1H3. The Bertz CT molecular complexity index is 586. The average Bonchev–Trinajstić information content (AvgIpc) is 2.38. The summed E-state index contributed by atoms with van der Waals surface area (Å²) in [6.45, 7) is 0. The van der Waals surface area contributed by atoms with Crippen LogP contribution in [-0.4, -0.2) is 23.5 Å². The third-order valence-electron chi connectivity index (χ3n) is 2.72. The first-order valence-corrected chi connectivity index (χ1v) is 5.41. The molecule has 0 spiro atoms. The first-order valence-electron chi connectivity index (χ1n) is 5.41. The molecule has 5 heteroatoms. The lowest BCUT2D eigenvalue weighted by Gasteiger charge is -2.12. The van der Waals surface area contributed by atoms with Gasteiger partial charge in [-0.3, -0.25) is 4.98 Å². The summed E-state index contributed by atoms with van der Waals surface area (Å²) in [5.74, 6) is -0.0976. The van der Waals surface area contributed by atoms with Crippen molar-refractivity contribution >= 4 is 17.2 Å². The molecule has 1 unspecified atom stereocenters. The highest BCUT2D eigenvalue weighted by Crippen LogP contribution is 2.29. The Morgan fingerprint density at radius 1 is 1.56 bits per heavy atom. The van der Waals surface area contributed by atoms with Gasteiger partial charge < -0.3 is 14.6 Å². The molecule has 2 rings (SSSR count). The maximum absolute atomic E-state index is 13.7. The summed E-state index contributed by atoms with van der Waals surface area (Å²) in [5.41, 5.74) is 0.614. The minimum absolute atomic E-state index is 0.0750. The zero-order valence-electron chi connectivity index (χ0n) is 9.76. The number of ether oxygens (including phenoxy) is 1. The molecule has 0 aliphatic rings. The molecule has 18 heavy (non-hydrogen) atoms. The van der Waals surface area contributed by atoms with Crippen LogP contribution in [0, 0.1) is 5.82 Å². The molecule has 4 nitrogen and oxygen atoms in total. The van der Waals surface area contributed by atoms with Crippen LogP contribution in [-0.2, 0) is 4.79 Å². The van der Waals surface area contributed by atoms with E-state index in [9.17, 15) is 14.3 Å². The van der Waals surface area contributed by atoms with Crippen molar-refractivity contribution in [2.45, 2.75) is 12.5 Å². The molecule has 94 valence electrons. The second-order valence-corrected chi connectivity index (χ2v) is 3.82. The summed E-state index contributed by atoms with van der Waals surface area (Å²) in [5, 5.41) is 10.3. The van der Waals surface area contributed by atoms with E-state index in [-0.39, 0.29) is 12.0 Å². The number of nitrogens with zero attached hydrogens (tertiary/aromatic N) is 1. The van der Waals surface area contributed by atoms with Gasteiger partial charge in [0, 0.05) is 17.4 Å². The van der Waals surface area contributed by atoms with E-state index in [1.807, 2.05) is 0 Å². The maximum atomic E-state index is 13.7. The van der Waals surface area contributed by atoms with E-state index in [0.29, 0.717) is 22.9 Å². The number of aromatic nitrogens is 1. The molecule has 0 bridgehead atoms. The zero-order chi connectivity index (χ0) is 13.1. The lowest BCUT2D eigenvalue weighted by molar-refractivity contribution is -0.109. The van der Waals surface area contributed by atoms with Crippen LogP contribution >= 0.6 is 0 Å². The van der Waals surface area contributed by atoms with Gasteiger partial charge in [0.2, 0.25) is 0 Å². The first-order chi connectivity index (χ1) is 8.67. The first kappa shape index (κ1) is 12.4. The van der Waals surface area contributed by atoms with Gasteiger partial charge in [0.15, 0.2) is 0 Å². The van der Waals surface area contributed by atoms with Crippen molar-refractivity contribution in [3.05, 3.63) is 35.8 Å². The normalized spacial score (nSPS) is 12.4. The quantitative estimate of drug-likeness (QED) is 0.842. The van der Waals surface area contributed by atoms with E-state index in [0.717, 1.165) is 6.20 Å². The Morgan fingerprint density at radius 2 is 2.33 bits per heavy atom. The Balaban J connectivity index is 2.67. The van der Waals surface area contributed by atoms with E-state index in [1.165, 1.54) is 7.11 Å². The van der Waals surface area contributed by atoms with Crippen molar-refractivity contribution in [2.24, 2.45) is 0 Å². The summed E-state index contributed by atoms with van der Waals surface area (Å²) in [6.07, 6.45) is 0.252. The van der Waals surface area contributed by atoms with Gasteiger partial charge in [0.1, 0.15) is 17.9 Å². The molecule has 1 aromatic heterocycles. The van der Waals surface area contributed by atoms with E-state index >= 15 is 0 Å². The SMILES string of the molecule is COc1ccc2ncc(F)c(C(O)CC=O)c2c1. The van der Waals surface area contributed by atoms with Gasteiger partial charge >= 0.3 is 0 Å². The van der Waals surface area contributed by atoms with Crippen LogP contribution in [0.4, 0.5) is 4.39 Å². The third kappa shape index (κ3) is 2.17. The monoisotopic (exact) mass is 249 g/mol. The van der Waals surface area contributed by atoms with Crippen LogP contribution in [0.2, 0.25) is 0 Å². The fourth-order valence-electron chi connectivity index (χ4n) is 1.84. The van der Waals surface area contributed by atoms with Gasteiger partial charge in [0.05, 0.1) is 24.9 Å². The predicted molar refractivity (Wildman–Crippen MR) is 63.9 cm³/mol. The summed E-state index contributed by atoms with van der Waals surface area (Å²) < 4.78 is 18.8. The minimum Gasteiger partial charge on any atom is -0.497 e. The van der Waals surface area contributed by atoms with Crippen LogP contribution in [0.25, 0.3) is 10.9 Å².